The quantitative estimate of drug-likeness (QED) is 0.807. The molecule has 2 nitrogen and oxygen atoms in total. The normalized spacial score (nSPS) is 13.1. The van der Waals surface area contributed by atoms with E-state index in [1.807, 2.05) is 18.5 Å². The SMILES string of the molecule is CC(Cc1cccnc1)Cc1cccc(CC(C)(C)C)n1. The van der Waals surface area contributed by atoms with Gasteiger partial charge in [0.2, 0.25) is 0 Å². The molecule has 0 aromatic carbocycles. The van der Waals surface area contributed by atoms with Crippen LogP contribution in [-0.4, -0.2) is 9.97 Å². The van der Waals surface area contributed by atoms with Crippen molar-refractivity contribution in [2.24, 2.45) is 11.3 Å². The van der Waals surface area contributed by atoms with Crippen LogP contribution in [0.5, 0.6) is 0 Å². The summed E-state index contributed by atoms with van der Waals surface area (Å²) in [7, 11) is 0. The first-order valence-electron chi connectivity index (χ1n) is 7.76. The molecule has 0 fully saturated rings. The molecule has 0 saturated carbocycles. The van der Waals surface area contributed by atoms with Gasteiger partial charge < -0.3 is 0 Å². The molecule has 0 saturated heterocycles. The van der Waals surface area contributed by atoms with E-state index in [1.165, 1.54) is 17.0 Å². The number of aromatic nitrogens is 2. The minimum atomic E-state index is 0.285. The molecule has 2 heterocycles. The lowest BCUT2D eigenvalue weighted by atomic mass is 9.90. The van der Waals surface area contributed by atoms with Gasteiger partial charge in [-0.2, -0.15) is 0 Å². The summed E-state index contributed by atoms with van der Waals surface area (Å²) in [4.78, 5) is 9.01. The smallest absolute Gasteiger partial charge is 0.0412 e. The van der Waals surface area contributed by atoms with E-state index in [0.717, 1.165) is 19.3 Å². The first-order chi connectivity index (χ1) is 9.92. The molecule has 2 rings (SSSR count). The van der Waals surface area contributed by atoms with Gasteiger partial charge in [-0.05, 0) is 54.4 Å². The van der Waals surface area contributed by atoms with Crippen LogP contribution in [0.25, 0.3) is 0 Å². The van der Waals surface area contributed by atoms with Crippen molar-refractivity contribution in [3.05, 3.63) is 59.7 Å². The molecular weight excluding hydrogens is 256 g/mol. The molecule has 2 heteroatoms. The Balaban J connectivity index is 1.97. The molecule has 1 unspecified atom stereocenters. The zero-order chi connectivity index (χ0) is 15.3. The van der Waals surface area contributed by atoms with Gasteiger partial charge >= 0.3 is 0 Å². The monoisotopic (exact) mass is 282 g/mol. The van der Waals surface area contributed by atoms with Crippen LogP contribution in [0.2, 0.25) is 0 Å². The first-order valence-corrected chi connectivity index (χ1v) is 7.76. The molecule has 1 atom stereocenters. The van der Waals surface area contributed by atoms with Gasteiger partial charge in [-0.3, -0.25) is 9.97 Å². The van der Waals surface area contributed by atoms with Gasteiger partial charge in [0.05, 0.1) is 0 Å². The lowest BCUT2D eigenvalue weighted by Gasteiger charge is -2.18. The lowest BCUT2D eigenvalue weighted by Crippen LogP contribution is -2.12. The summed E-state index contributed by atoms with van der Waals surface area (Å²) in [5.74, 6) is 0.576. The Labute approximate surface area is 128 Å². The van der Waals surface area contributed by atoms with Gasteiger partial charge in [0, 0.05) is 23.8 Å². The average Bonchev–Trinajstić information content (AvgIpc) is 2.38. The van der Waals surface area contributed by atoms with Crippen LogP contribution in [-0.2, 0) is 19.3 Å². The second-order valence-corrected chi connectivity index (χ2v) is 7.23. The average molecular weight is 282 g/mol. The van der Waals surface area contributed by atoms with Crippen molar-refractivity contribution < 1.29 is 0 Å². The molecule has 0 N–H and O–H groups in total. The predicted octanol–water partition coefficient (Wildman–Crippen LogP) is 4.49. The fraction of sp³-hybridized carbons (Fsp3) is 0.474. The molecule has 0 spiro atoms. The standard InChI is InChI=1S/C19H26N2/c1-15(11-16-7-6-10-20-14-16)12-17-8-5-9-18(21-17)13-19(2,3)4/h5-10,14-15H,11-13H2,1-4H3. The van der Waals surface area contributed by atoms with Crippen molar-refractivity contribution in [2.45, 2.75) is 47.0 Å². The molecular formula is C19H26N2. The molecule has 21 heavy (non-hydrogen) atoms. The second kappa shape index (κ2) is 6.84. The highest BCUT2D eigenvalue weighted by atomic mass is 14.7. The van der Waals surface area contributed by atoms with E-state index >= 15 is 0 Å². The third-order valence-corrected chi connectivity index (χ3v) is 3.44. The van der Waals surface area contributed by atoms with Gasteiger partial charge in [-0.1, -0.05) is 39.8 Å². The van der Waals surface area contributed by atoms with Crippen molar-refractivity contribution in [1.29, 1.82) is 0 Å². The number of hydrogen-bond donors (Lipinski definition) is 0. The zero-order valence-corrected chi connectivity index (χ0v) is 13.6. The molecule has 0 aliphatic carbocycles. The van der Waals surface area contributed by atoms with Crippen molar-refractivity contribution >= 4 is 0 Å². The van der Waals surface area contributed by atoms with E-state index in [2.05, 4.69) is 56.9 Å². The fourth-order valence-corrected chi connectivity index (χ4v) is 2.64. The summed E-state index contributed by atoms with van der Waals surface area (Å²) in [6.07, 6.45) is 6.88. The molecule has 0 radical (unpaired) electrons. The summed E-state index contributed by atoms with van der Waals surface area (Å²) in [6.45, 7) is 9.05. The maximum Gasteiger partial charge on any atom is 0.0412 e. The van der Waals surface area contributed by atoms with Crippen molar-refractivity contribution in [2.75, 3.05) is 0 Å². The molecule has 112 valence electrons. The van der Waals surface area contributed by atoms with E-state index in [9.17, 15) is 0 Å². The van der Waals surface area contributed by atoms with E-state index in [1.54, 1.807) is 0 Å². The first kappa shape index (κ1) is 15.7. The molecule has 2 aromatic heterocycles. The molecule has 0 aliphatic rings. The largest absolute Gasteiger partial charge is 0.264 e. The lowest BCUT2D eigenvalue weighted by molar-refractivity contribution is 0.405. The highest BCUT2D eigenvalue weighted by molar-refractivity contribution is 5.14. The van der Waals surface area contributed by atoms with Crippen LogP contribution in [0.4, 0.5) is 0 Å². The third-order valence-electron chi connectivity index (χ3n) is 3.44. The van der Waals surface area contributed by atoms with E-state index in [4.69, 9.17) is 4.98 Å². The van der Waals surface area contributed by atoms with Gasteiger partial charge in [0.25, 0.3) is 0 Å². The maximum atomic E-state index is 4.82. The Morgan fingerprint density at radius 3 is 2.43 bits per heavy atom. The maximum absolute atomic E-state index is 4.82. The second-order valence-electron chi connectivity index (χ2n) is 7.23. The number of rotatable bonds is 5. The molecule has 0 aliphatic heterocycles. The van der Waals surface area contributed by atoms with Crippen LogP contribution >= 0.6 is 0 Å². The Bertz CT molecular complexity index is 555. The number of nitrogens with zero attached hydrogens (tertiary/aromatic N) is 2. The van der Waals surface area contributed by atoms with E-state index < -0.39 is 0 Å². The van der Waals surface area contributed by atoms with Crippen LogP contribution in [0.3, 0.4) is 0 Å². The minimum absolute atomic E-state index is 0.285. The van der Waals surface area contributed by atoms with E-state index in [-0.39, 0.29) is 5.41 Å². The summed E-state index contributed by atoms with van der Waals surface area (Å²) in [5, 5.41) is 0. The minimum Gasteiger partial charge on any atom is -0.264 e. The van der Waals surface area contributed by atoms with Gasteiger partial charge in [0.15, 0.2) is 0 Å². The Kier molecular flexibility index (Phi) is 5.11. The van der Waals surface area contributed by atoms with Crippen LogP contribution in [0.1, 0.15) is 44.6 Å². The predicted molar refractivity (Wildman–Crippen MR) is 88.2 cm³/mol. The van der Waals surface area contributed by atoms with Gasteiger partial charge in [-0.25, -0.2) is 0 Å². The number of pyridine rings is 2. The third kappa shape index (κ3) is 5.66. The fourth-order valence-electron chi connectivity index (χ4n) is 2.64. The topological polar surface area (TPSA) is 25.8 Å². The Morgan fingerprint density at radius 2 is 1.76 bits per heavy atom. The molecule has 0 bridgehead atoms. The Hall–Kier alpha value is -1.70. The Morgan fingerprint density at radius 1 is 1.00 bits per heavy atom. The zero-order valence-electron chi connectivity index (χ0n) is 13.6. The highest BCUT2D eigenvalue weighted by Crippen LogP contribution is 2.20. The van der Waals surface area contributed by atoms with Crippen LogP contribution in [0, 0.1) is 11.3 Å². The summed E-state index contributed by atoms with van der Waals surface area (Å²) in [5.41, 5.74) is 3.99. The molecule has 2 aromatic rings. The van der Waals surface area contributed by atoms with Crippen LogP contribution in [0.15, 0.2) is 42.7 Å². The highest BCUT2D eigenvalue weighted by Gasteiger charge is 2.13. The van der Waals surface area contributed by atoms with Crippen molar-refractivity contribution in [3.63, 3.8) is 0 Å². The number of hydrogen-bond acceptors (Lipinski definition) is 2. The van der Waals surface area contributed by atoms with Gasteiger partial charge in [-0.15, -0.1) is 0 Å². The van der Waals surface area contributed by atoms with Crippen molar-refractivity contribution in [3.8, 4) is 0 Å². The van der Waals surface area contributed by atoms with Crippen LogP contribution < -0.4 is 0 Å². The summed E-state index contributed by atoms with van der Waals surface area (Å²) in [6, 6.07) is 10.6. The summed E-state index contributed by atoms with van der Waals surface area (Å²) < 4.78 is 0. The summed E-state index contributed by atoms with van der Waals surface area (Å²) >= 11 is 0. The van der Waals surface area contributed by atoms with E-state index in [0.29, 0.717) is 5.92 Å². The van der Waals surface area contributed by atoms with Crippen molar-refractivity contribution in [1.82, 2.24) is 9.97 Å². The molecule has 0 amide bonds. The van der Waals surface area contributed by atoms with Gasteiger partial charge in [0.1, 0.15) is 0 Å².